The van der Waals surface area contributed by atoms with Crippen LogP contribution in [0.25, 0.3) is 0 Å². The van der Waals surface area contributed by atoms with E-state index in [9.17, 15) is 0 Å². The van der Waals surface area contributed by atoms with Crippen LogP contribution >= 0.6 is 11.6 Å². The predicted octanol–water partition coefficient (Wildman–Crippen LogP) is 4.43. The number of nitrogens with zero attached hydrogens (tertiary/aromatic N) is 1. The van der Waals surface area contributed by atoms with Crippen LogP contribution in [0.5, 0.6) is 5.75 Å². The molecule has 2 aromatic carbocycles. The maximum Gasteiger partial charge on any atom is 0.123 e. The van der Waals surface area contributed by atoms with Gasteiger partial charge in [0.2, 0.25) is 0 Å². The van der Waals surface area contributed by atoms with Gasteiger partial charge in [-0.25, -0.2) is 0 Å². The summed E-state index contributed by atoms with van der Waals surface area (Å²) >= 11 is 6.36. The topological polar surface area (TPSA) is 33.6 Å². The van der Waals surface area contributed by atoms with Gasteiger partial charge in [0.1, 0.15) is 5.75 Å². The largest absolute Gasteiger partial charge is 0.496 e. The molecule has 0 aliphatic carbocycles. The van der Waals surface area contributed by atoms with Crippen LogP contribution in [0.4, 0.5) is 5.69 Å². The molecule has 0 spiro atoms. The first-order valence-corrected chi connectivity index (χ1v) is 7.41. The Labute approximate surface area is 135 Å². The Morgan fingerprint density at radius 2 is 2.00 bits per heavy atom. The molecule has 0 unspecified atom stereocenters. The van der Waals surface area contributed by atoms with Crippen LogP contribution in [-0.4, -0.2) is 19.4 Å². The van der Waals surface area contributed by atoms with Gasteiger partial charge in [0.15, 0.2) is 0 Å². The molecule has 0 bridgehead atoms. The molecule has 0 amide bonds. The van der Waals surface area contributed by atoms with Crippen LogP contribution in [-0.2, 0) is 0 Å². The van der Waals surface area contributed by atoms with Gasteiger partial charge in [-0.2, -0.15) is 0 Å². The third-order valence-electron chi connectivity index (χ3n) is 3.66. The minimum absolute atomic E-state index is 0.511. The summed E-state index contributed by atoms with van der Waals surface area (Å²) in [5.74, 6) is 0.833. The second kappa shape index (κ2) is 5.85. The van der Waals surface area contributed by atoms with E-state index in [1.54, 1.807) is 7.11 Å². The number of aliphatic imine (C=N–C) groups is 1. The molecule has 0 saturated carbocycles. The number of fused-ring (bicyclic) bond motifs is 1. The van der Waals surface area contributed by atoms with Crippen molar-refractivity contribution in [1.29, 1.82) is 0 Å². The number of methoxy groups -OCH3 is 1. The average molecular weight is 313 g/mol. The van der Waals surface area contributed by atoms with Gasteiger partial charge >= 0.3 is 0 Å². The molecular formula is C18H17ClN2O. The minimum Gasteiger partial charge on any atom is -0.496 e. The Kier molecular flexibility index (Phi) is 3.90. The quantitative estimate of drug-likeness (QED) is 0.889. The van der Waals surface area contributed by atoms with Crippen LogP contribution in [0.1, 0.15) is 16.7 Å². The molecule has 1 aliphatic heterocycles. The fraction of sp³-hybridized carbons (Fsp3) is 0.167. The van der Waals surface area contributed by atoms with Crippen LogP contribution in [0.2, 0.25) is 5.02 Å². The van der Waals surface area contributed by atoms with Gasteiger partial charge in [-0.15, -0.1) is 0 Å². The summed E-state index contributed by atoms with van der Waals surface area (Å²) in [6.45, 7) is 6.54. The van der Waals surface area contributed by atoms with E-state index >= 15 is 0 Å². The molecule has 22 heavy (non-hydrogen) atoms. The number of rotatable bonds is 2. The zero-order valence-electron chi connectivity index (χ0n) is 12.6. The Balaban J connectivity index is 2.23. The summed E-state index contributed by atoms with van der Waals surface area (Å²) in [5, 5.41) is 4.00. The molecule has 0 saturated heterocycles. The zero-order valence-corrected chi connectivity index (χ0v) is 13.4. The number of benzodiazepines with no additional fused rings is 1. The predicted molar refractivity (Wildman–Crippen MR) is 92.5 cm³/mol. The Morgan fingerprint density at radius 3 is 2.73 bits per heavy atom. The fourth-order valence-electron chi connectivity index (χ4n) is 2.58. The standard InChI is InChI=1S/C18H17ClN2O/c1-11-8-14-16(9-17(11)22-3)21-12(2)10-20-18(14)13-6-4-5-7-15(13)19/h4-9,21H,2,10H2,1,3H3. The maximum absolute atomic E-state index is 6.36. The molecule has 0 fully saturated rings. The molecular weight excluding hydrogens is 296 g/mol. The Hall–Kier alpha value is -2.26. The van der Waals surface area contributed by atoms with Gasteiger partial charge in [-0.1, -0.05) is 36.4 Å². The summed E-state index contributed by atoms with van der Waals surface area (Å²) in [5.41, 5.74) is 5.63. The van der Waals surface area contributed by atoms with E-state index in [0.29, 0.717) is 11.6 Å². The summed E-state index contributed by atoms with van der Waals surface area (Å²) < 4.78 is 5.42. The first kappa shape index (κ1) is 14.7. The van der Waals surface area contributed by atoms with Crippen LogP contribution in [0.15, 0.2) is 53.7 Å². The number of halogens is 1. The molecule has 112 valence electrons. The second-order valence-corrected chi connectivity index (χ2v) is 5.65. The number of aryl methyl sites for hydroxylation is 1. The third-order valence-corrected chi connectivity index (χ3v) is 3.99. The Morgan fingerprint density at radius 1 is 1.23 bits per heavy atom. The van der Waals surface area contributed by atoms with E-state index in [1.165, 1.54) is 0 Å². The molecule has 1 N–H and O–H groups in total. The first-order valence-electron chi connectivity index (χ1n) is 7.03. The van der Waals surface area contributed by atoms with E-state index in [0.717, 1.165) is 39.5 Å². The number of hydrogen-bond donors (Lipinski definition) is 1. The number of anilines is 1. The van der Waals surface area contributed by atoms with Gasteiger partial charge < -0.3 is 10.1 Å². The zero-order chi connectivity index (χ0) is 15.7. The highest BCUT2D eigenvalue weighted by Crippen LogP contribution is 2.32. The molecule has 4 heteroatoms. The second-order valence-electron chi connectivity index (χ2n) is 5.24. The van der Waals surface area contributed by atoms with Gasteiger partial charge in [-0.05, 0) is 24.6 Å². The van der Waals surface area contributed by atoms with Crippen molar-refractivity contribution in [3.63, 3.8) is 0 Å². The smallest absolute Gasteiger partial charge is 0.123 e. The molecule has 0 radical (unpaired) electrons. The minimum atomic E-state index is 0.511. The van der Waals surface area contributed by atoms with Gasteiger partial charge in [0.05, 0.1) is 25.1 Å². The van der Waals surface area contributed by atoms with Crippen molar-refractivity contribution in [2.45, 2.75) is 6.92 Å². The number of nitrogens with one attached hydrogen (secondary N) is 1. The van der Waals surface area contributed by atoms with E-state index in [4.69, 9.17) is 21.3 Å². The van der Waals surface area contributed by atoms with Gasteiger partial charge in [0, 0.05) is 27.9 Å². The van der Waals surface area contributed by atoms with Crippen molar-refractivity contribution in [1.82, 2.24) is 0 Å². The lowest BCUT2D eigenvalue weighted by atomic mass is 9.98. The molecule has 0 aromatic heterocycles. The van der Waals surface area contributed by atoms with E-state index < -0.39 is 0 Å². The lowest BCUT2D eigenvalue weighted by molar-refractivity contribution is 0.412. The van der Waals surface area contributed by atoms with Crippen LogP contribution < -0.4 is 10.1 Å². The average Bonchev–Trinajstić information content (AvgIpc) is 2.65. The summed E-state index contributed by atoms with van der Waals surface area (Å²) in [7, 11) is 1.67. The summed E-state index contributed by atoms with van der Waals surface area (Å²) in [4.78, 5) is 4.70. The number of benzene rings is 2. The Bertz CT molecular complexity index is 781. The number of hydrogen-bond acceptors (Lipinski definition) is 3. The normalized spacial score (nSPS) is 13.8. The van der Waals surface area contributed by atoms with Crippen molar-refractivity contribution in [3.8, 4) is 5.75 Å². The summed E-state index contributed by atoms with van der Waals surface area (Å²) in [6, 6.07) is 11.8. The maximum atomic E-state index is 6.36. The van der Waals surface area contributed by atoms with Gasteiger partial charge in [-0.3, -0.25) is 4.99 Å². The van der Waals surface area contributed by atoms with E-state index in [2.05, 4.69) is 18.0 Å². The lowest BCUT2D eigenvalue weighted by Crippen LogP contribution is -2.07. The van der Waals surface area contributed by atoms with Crippen LogP contribution in [0.3, 0.4) is 0 Å². The monoisotopic (exact) mass is 312 g/mol. The lowest BCUT2D eigenvalue weighted by Gasteiger charge is -2.15. The van der Waals surface area contributed by atoms with Crippen molar-refractivity contribution in [2.24, 2.45) is 4.99 Å². The van der Waals surface area contributed by atoms with Crippen molar-refractivity contribution >= 4 is 23.0 Å². The van der Waals surface area contributed by atoms with Crippen LogP contribution in [0, 0.1) is 6.92 Å². The molecule has 2 aromatic rings. The molecule has 3 nitrogen and oxygen atoms in total. The number of ether oxygens (including phenoxy) is 1. The molecule has 0 atom stereocenters. The summed E-state index contributed by atoms with van der Waals surface area (Å²) in [6.07, 6.45) is 0. The van der Waals surface area contributed by atoms with Gasteiger partial charge in [0.25, 0.3) is 0 Å². The molecule has 3 rings (SSSR count). The first-order chi connectivity index (χ1) is 10.6. The highest BCUT2D eigenvalue weighted by atomic mass is 35.5. The highest BCUT2D eigenvalue weighted by Gasteiger charge is 2.19. The molecule has 1 aliphatic rings. The fourth-order valence-corrected chi connectivity index (χ4v) is 2.81. The third kappa shape index (κ3) is 2.60. The highest BCUT2D eigenvalue weighted by molar-refractivity contribution is 6.36. The van der Waals surface area contributed by atoms with Crippen molar-refractivity contribution in [2.75, 3.05) is 19.0 Å². The molecule has 1 heterocycles. The van der Waals surface area contributed by atoms with Crippen molar-refractivity contribution in [3.05, 3.63) is 70.4 Å². The van der Waals surface area contributed by atoms with E-state index in [1.807, 2.05) is 37.3 Å². The SMILES string of the molecule is C=C1CN=C(c2ccccc2Cl)c2cc(C)c(OC)cc2N1. The van der Waals surface area contributed by atoms with Crippen molar-refractivity contribution < 1.29 is 4.74 Å². The van der Waals surface area contributed by atoms with E-state index in [-0.39, 0.29) is 0 Å².